The number of nitrogens with zero attached hydrogens (tertiary/aromatic N) is 1. The summed E-state index contributed by atoms with van der Waals surface area (Å²) in [5, 5.41) is 14.0. The van der Waals surface area contributed by atoms with Crippen molar-refractivity contribution >= 4 is 13.7 Å². The standard InChI is InChI=1S/C48H97N2O6P/c1-6-8-10-12-14-16-18-20-22-23-24-25-26-28-29-31-33-35-37-39-41-47(51)46(45-56-57(53,54)55-44-43-50(3,4)5)49-48(52)42-40-38-36-34-32-30-27-21-19-17-15-13-11-9-7-2/h17,19,46-47,51H,6-16,18,20-45H2,1-5H3,(H-,49,52,53,54)/b19-17-. The van der Waals surface area contributed by atoms with Gasteiger partial charge in [-0.1, -0.05) is 206 Å². The SMILES string of the molecule is CCCCCC/C=C\CCCCCCCCCC(=O)NC(COP(=O)([O-])OCC[N+](C)(C)C)C(O)CCCCCCCCCCCCCCCCCCCCCC. The number of hydrogen-bond donors (Lipinski definition) is 2. The second-order valence-electron chi connectivity index (χ2n) is 18.2. The van der Waals surface area contributed by atoms with E-state index >= 15 is 0 Å². The highest BCUT2D eigenvalue weighted by Crippen LogP contribution is 2.38. The lowest BCUT2D eigenvalue weighted by molar-refractivity contribution is -0.870. The molecular weight excluding hydrogens is 732 g/mol. The van der Waals surface area contributed by atoms with E-state index in [1.807, 2.05) is 21.1 Å². The molecule has 0 aromatic rings. The van der Waals surface area contributed by atoms with Crippen LogP contribution in [0.1, 0.15) is 239 Å². The molecule has 57 heavy (non-hydrogen) atoms. The summed E-state index contributed by atoms with van der Waals surface area (Å²) in [6.45, 7) is 4.73. The van der Waals surface area contributed by atoms with Crippen LogP contribution in [0.5, 0.6) is 0 Å². The molecule has 1 amide bonds. The van der Waals surface area contributed by atoms with E-state index in [1.54, 1.807) is 0 Å². The van der Waals surface area contributed by atoms with E-state index in [2.05, 4.69) is 31.3 Å². The van der Waals surface area contributed by atoms with Crippen molar-refractivity contribution in [2.45, 2.75) is 251 Å². The molecule has 0 fully saturated rings. The lowest BCUT2D eigenvalue weighted by atomic mass is 10.0. The highest BCUT2D eigenvalue weighted by Gasteiger charge is 2.24. The summed E-state index contributed by atoms with van der Waals surface area (Å²) < 4.78 is 23.3. The van der Waals surface area contributed by atoms with Crippen molar-refractivity contribution in [3.05, 3.63) is 12.2 Å². The predicted octanol–water partition coefficient (Wildman–Crippen LogP) is 13.3. The van der Waals surface area contributed by atoms with Crippen LogP contribution >= 0.6 is 7.82 Å². The number of hydrogen-bond acceptors (Lipinski definition) is 6. The van der Waals surface area contributed by atoms with Gasteiger partial charge in [-0.3, -0.25) is 9.36 Å². The summed E-state index contributed by atoms with van der Waals surface area (Å²) in [5.74, 6) is -0.167. The maximum absolute atomic E-state index is 12.9. The van der Waals surface area contributed by atoms with Gasteiger partial charge in [-0.15, -0.1) is 0 Å². The van der Waals surface area contributed by atoms with E-state index < -0.39 is 20.0 Å². The third kappa shape index (κ3) is 43.1. The molecule has 3 atom stereocenters. The van der Waals surface area contributed by atoms with Crippen molar-refractivity contribution in [1.82, 2.24) is 5.32 Å². The van der Waals surface area contributed by atoms with Crippen LogP contribution in [0.25, 0.3) is 0 Å². The molecule has 3 unspecified atom stereocenters. The molecule has 0 aromatic carbocycles. The number of rotatable bonds is 45. The number of nitrogens with one attached hydrogen (secondary N) is 1. The minimum atomic E-state index is -4.56. The Kier molecular flexibility index (Phi) is 40.1. The molecule has 0 aromatic heterocycles. The van der Waals surface area contributed by atoms with Gasteiger partial charge in [0.15, 0.2) is 0 Å². The van der Waals surface area contributed by atoms with E-state index in [0.29, 0.717) is 23.9 Å². The summed E-state index contributed by atoms with van der Waals surface area (Å²) in [6, 6.07) is -0.799. The predicted molar refractivity (Wildman–Crippen MR) is 242 cm³/mol. The number of likely N-dealkylation sites (N-methyl/N-ethyl adjacent to an activating group) is 1. The van der Waals surface area contributed by atoms with Crippen LogP contribution in [0, 0.1) is 0 Å². The number of aliphatic hydroxyl groups excluding tert-OH is 1. The highest BCUT2D eigenvalue weighted by atomic mass is 31.2. The zero-order valence-corrected chi connectivity index (χ0v) is 39.5. The first-order chi connectivity index (χ1) is 27.5. The quantitative estimate of drug-likeness (QED) is 0.0274. The molecule has 2 N–H and O–H groups in total. The monoisotopic (exact) mass is 829 g/mol. The third-order valence-corrected chi connectivity index (χ3v) is 12.2. The van der Waals surface area contributed by atoms with E-state index in [1.165, 1.54) is 173 Å². The number of phosphoric ester groups is 1. The van der Waals surface area contributed by atoms with E-state index in [9.17, 15) is 19.4 Å². The topological polar surface area (TPSA) is 108 Å². The second-order valence-corrected chi connectivity index (χ2v) is 19.6. The normalized spacial score (nSPS) is 14.3. The largest absolute Gasteiger partial charge is 0.756 e. The number of amides is 1. The molecule has 0 rings (SSSR count). The lowest BCUT2D eigenvalue weighted by Gasteiger charge is -2.30. The Morgan fingerprint density at radius 3 is 1.39 bits per heavy atom. The van der Waals surface area contributed by atoms with Gasteiger partial charge in [-0.25, -0.2) is 0 Å². The Morgan fingerprint density at radius 1 is 0.596 bits per heavy atom. The molecule has 0 saturated carbocycles. The summed E-state index contributed by atoms with van der Waals surface area (Å²) in [5.41, 5.74) is 0. The first-order valence-corrected chi connectivity index (χ1v) is 26.0. The Balaban J connectivity index is 4.27. The van der Waals surface area contributed by atoms with Gasteiger partial charge < -0.3 is 28.8 Å². The maximum atomic E-state index is 12.9. The molecule has 0 spiro atoms. The molecule has 0 saturated heterocycles. The summed E-state index contributed by atoms with van der Waals surface area (Å²) >= 11 is 0. The average molecular weight is 829 g/mol. The molecule has 0 heterocycles. The molecule has 0 aliphatic heterocycles. The minimum absolute atomic E-state index is 0.0134. The van der Waals surface area contributed by atoms with Gasteiger partial charge in [0, 0.05) is 6.42 Å². The molecule has 0 aliphatic rings. The van der Waals surface area contributed by atoms with Gasteiger partial charge in [0.25, 0.3) is 7.82 Å². The zero-order chi connectivity index (χ0) is 42.1. The van der Waals surface area contributed by atoms with Crippen LogP contribution in [-0.2, 0) is 18.4 Å². The van der Waals surface area contributed by atoms with E-state index in [4.69, 9.17) is 9.05 Å². The first kappa shape index (κ1) is 56.2. The van der Waals surface area contributed by atoms with E-state index in [0.717, 1.165) is 38.5 Å². The van der Waals surface area contributed by atoms with Crippen molar-refractivity contribution in [3.8, 4) is 0 Å². The Hall–Kier alpha value is -0.760. The lowest BCUT2D eigenvalue weighted by Crippen LogP contribution is -2.46. The fourth-order valence-electron chi connectivity index (χ4n) is 7.33. The number of quaternary nitrogens is 1. The average Bonchev–Trinajstić information content (AvgIpc) is 3.16. The number of carbonyl (C=O) groups is 1. The number of allylic oxidation sites excluding steroid dienone is 2. The Morgan fingerprint density at radius 2 is 0.965 bits per heavy atom. The Labute approximate surface area is 354 Å². The van der Waals surface area contributed by atoms with Crippen molar-refractivity contribution in [2.75, 3.05) is 40.9 Å². The van der Waals surface area contributed by atoms with Crippen molar-refractivity contribution in [2.24, 2.45) is 0 Å². The van der Waals surface area contributed by atoms with Gasteiger partial charge >= 0.3 is 0 Å². The minimum Gasteiger partial charge on any atom is -0.756 e. The van der Waals surface area contributed by atoms with Crippen LogP contribution < -0.4 is 10.2 Å². The molecule has 0 aliphatic carbocycles. The summed E-state index contributed by atoms with van der Waals surface area (Å²) in [6.07, 6.45) is 46.4. The van der Waals surface area contributed by atoms with Crippen LogP contribution in [0.3, 0.4) is 0 Å². The molecular formula is C48H97N2O6P. The third-order valence-electron chi connectivity index (χ3n) is 11.3. The van der Waals surface area contributed by atoms with Gasteiger partial charge in [0.2, 0.25) is 5.91 Å². The van der Waals surface area contributed by atoms with Crippen LogP contribution in [0.15, 0.2) is 12.2 Å². The van der Waals surface area contributed by atoms with Crippen molar-refractivity contribution < 1.29 is 32.9 Å². The number of aliphatic hydroxyl groups is 1. The van der Waals surface area contributed by atoms with Crippen molar-refractivity contribution in [3.63, 3.8) is 0 Å². The van der Waals surface area contributed by atoms with Gasteiger partial charge in [-0.2, -0.15) is 0 Å². The van der Waals surface area contributed by atoms with Crippen LogP contribution in [0.4, 0.5) is 0 Å². The molecule has 340 valence electrons. The van der Waals surface area contributed by atoms with Crippen molar-refractivity contribution in [1.29, 1.82) is 0 Å². The van der Waals surface area contributed by atoms with E-state index in [-0.39, 0.29) is 19.1 Å². The number of carbonyl (C=O) groups excluding carboxylic acids is 1. The molecule has 9 heteroatoms. The molecule has 0 radical (unpaired) electrons. The maximum Gasteiger partial charge on any atom is 0.268 e. The van der Waals surface area contributed by atoms with Crippen LogP contribution in [0.2, 0.25) is 0 Å². The number of phosphoric acid groups is 1. The van der Waals surface area contributed by atoms with Crippen LogP contribution in [-0.4, -0.2) is 68.5 Å². The Bertz CT molecular complexity index is 942. The fraction of sp³-hybridized carbons (Fsp3) is 0.938. The zero-order valence-electron chi connectivity index (χ0n) is 38.6. The molecule has 0 bridgehead atoms. The number of unbranched alkanes of at least 4 members (excludes halogenated alkanes) is 30. The fourth-order valence-corrected chi connectivity index (χ4v) is 8.05. The summed E-state index contributed by atoms with van der Waals surface area (Å²) in [7, 11) is 1.31. The van der Waals surface area contributed by atoms with Gasteiger partial charge in [-0.05, 0) is 38.5 Å². The second kappa shape index (κ2) is 40.6. The molecule has 8 nitrogen and oxygen atoms in total. The first-order valence-electron chi connectivity index (χ1n) is 24.5. The van der Waals surface area contributed by atoms with Gasteiger partial charge in [0.1, 0.15) is 13.2 Å². The summed E-state index contributed by atoms with van der Waals surface area (Å²) in [4.78, 5) is 25.4. The highest BCUT2D eigenvalue weighted by molar-refractivity contribution is 7.45. The van der Waals surface area contributed by atoms with Gasteiger partial charge in [0.05, 0.1) is 39.9 Å². The smallest absolute Gasteiger partial charge is 0.268 e.